The van der Waals surface area contributed by atoms with E-state index in [1.165, 1.54) is 0 Å². The van der Waals surface area contributed by atoms with E-state index in [2.05, 4.69) is 11.2 Å². The quantitative estimate of drug-likeness (QED) is 0.439. The molecule has 0 atom stereocenters. The number of oxazole rings is 1. The van der Waals surface area contributed by atoms with Crippen molar-refractivity contribution in [1.82, 2.24) is 9.88 Å². The second-order valence-corrected chi connectivity index (χ2v) is 5.95. The molecule has 1 amide bonds. The third kappa shape index (κ3) is 5.25. The second kappa shape index (κ2) is 10.1. The number of fused-ring (bicyclic) bond motifs is 1. The van der Waals surface area contributed by atoms with Crippen LogP contribution in [0.2, 0.25) is 0 Å². The highest BCUT2D eigenvalue weighted by Gasteiger charge is 2.14. The Morgan fingerprint density at radius 1 is 1.27 bits per heavy atom. The number of nitrogens with zero attached hydrogens (tertiary/aromatic N) is 1. The summed E-state index contributed by atoms with van der Waals surface area (Å²) in [7, 11) is 0. The molecule has 0 aliphatic heterocycles. The third-order valence-electron chi connectivity index (χ3n) is 4.01. The molecule has 1 aromatic carbocycles. The zero-order valence-corrected chi connectivity index (χ0v) is 15.0. The lowest BCUT2D eigenvalue weighted by molar-refractivity contribution is 0.241. The molecule has 0 bridgehead atoms. The number of amides is 1. The number of terminal acetylenes is 1. The van der Waals surface area contributed by atoms with Crippen molar-refractivity contribution >= 4 is 17.1 Å². The Kier molecular flexibility index (Phi) is 7.50. The molecule has 0 saturated heterocycles. The predicted molar refractivity (Wildman–Crippen MR) is 104 cm³/mol. The fourth-order valence-electron chi connectivity index (χ4n) is 2.77. The van der Waals surface area contributed by atoms with Gasteiger partial charge in [-0.1, -0.05) is 43.0 Å². The van der Waals surface area contributed by atoms with E-state index in [0.717, 1.165) is 42.2 Å². The Labute approximate surface area is 153 Å². The normalized spacial score (nSPS) is 11.8. The van der Waals surface area contributed by atoms with Crippen LogP contribution < -0.4 is 11.1 Å². The van der Waals surface area contributed by atoms with Gasteiger partial charge < -0.3 is 9.73 Å². The van der Waals surface area contributed by atoms with E-state index in [4.69, 9.17) is 10.8 Å². The van der Waals surface area contributed by atoms with Gasteiger partial charge in [0.05, 0.1) is 5.52 Å². The molecule has 0 fully saturated rings. The summed E-state index contributed by atoms with van der Waals surface area (Å²) in [6.07, 6.45) is 16.1. The van der Waals surface area contributed by atoms with Crippen LogP contribution in [0.25, 0.3) is 11.1 Å². The number of carbonyl (C=O) groups is 1. The highest BCUT2D eigenvalue weighted by atomic mass is 16.4. The first kappa shape index (κ1) is 19.3. The summed E-state index contributed by atoms with van der Waals surface area (Å²) in [5.74, 6) is 1.89. The maximum atomic E-state index is 12.2. The topological polar surface area (TPSA) is 64.2 Å². The van der Waals surface area contributed by atoms with Gasteiger partial charge in [-0.3, -0.25) is 0 Å². The van der Waals surface area contributed by atoms with Crippen molar-refractivity contribution in [1.29, 1.82) is 0 Å². The fourth-order valence-corrected chi connectivity index (χ4v) is 2.77. The molecule has 0 spiro atoms. The van der Waals surface area contributed by atoms with Crippen molar-refractivity contribution in [2.45, 2.75) is 39.0 Å². The first-order valence-corrected chi connectivity index (χ1v) is 8.84. The zero-order valence-electron chi connectivity index (χ0n) is 15.0. The van der Waals surface area contributed by atoms with Crippen molar-refractivity contribution in [3.8, 4) is 12.3 Å². The summed E-state index contributed by atoms with van der Waals surface area (Å²) in [5.41, 5.74) is 2.05. The number of benzene rings is 1. The molecule has 1 heterocycles. The van der Waals surface area contributed by atoms with Crippen LogP contribution in [0.3, 0.4) is 0 Å². The number of hydrogen-bond acceptors (Lipinski definition) is 3. The van der Waals surface area contributed by atoms with Crippen LogP contribution in [-0.4, -0.2) is 17.1 Å². The molecule has 0 aliphatic carbocycles. The number of carbonyl (C=O) groups excluding carboxylic acids is 1. The first-order valence-electron chi connectivity index (χ1n) is 8.84. The van der Waals surface area contributed by atoms with Crippen LogP contribution in [-0.2, 0) is 0 Å². The van der Waals surface area contributed by atoms with Gasteiger partial charge >= 0.3 is 11.8 Å². The molecule has 0 aliphatic rings. The third-order valence-corrected chi connectivity index (χ3v) is 4.01. The van der Waals surface area contributed by atoms with E-state index in [-0.39, 0.29) is 0 Å². The van der Waals surface area contributed by atoms with Gasteiger partial charge in [0.25, 0.3) is 0 Å². The van der Waals surface area contributed by atoms with E-state index in [0.29, 0.717) is 17.6 Å². The first-order chi connectivity index (χ1) is 12.7. The Morgan fingerprint density at radius 2 is 2.04 bits per heavy atom. The molecule has 136 valence electrons. The molecule has 0 radical (unpaired) electrons. The van der Waals surface area contributed by atoms with Gasteiger partial charge in [0, 0.05) is 6.54 Å². The predicted octanol–water partition coefficient (Wildman–Crippen LogP) is 4.24. The second-order valence-electron chi connectivity index (χ2n) is 5.95. The number of aromatic nitrogens is 1. The van der Waals surface area contributed by atoms with Crippen LogP contribution in [0.5, 0.6) is 0 Å². The van der Waals surface area contributed by atoms with E-state index in [9.17, 15) is 9.59 Å². The Hall–Kier alpha value is -3.00. The Bertz CT molecular complexity index is 894. The van der Waals surface area contributed by atoms with Crippen LogP contribution in [0, 0.1) is 12.3 Å². The summed E-state index contributed by atoms with van der Waals surface area (Å²) in [6.45, 7) is 2.49. The van der Waals surface area contributed by atoms with Crippen molar-refractivity contribution in [3.63, 3.8) is 0 Å². The monoisotopic (exact) mass is 352 g/mol. The van der Waals surface area contributed by atoms with Crippen molar-refractivity contribution in [2.75, 3.05) is 6.54 Å². The number of nitrogens with one attached hydrogen (secondary N) is 1. The van der Waals surface area contributed by atoms with Crippen LogP contribution in [0.1, 0.15) is 39.0 Å². The van der Waals surface area contributed by atoms with Gasteiger partial charge in [0.2, 0.25) is 0 Å². The molecule has 5 nitrogen and oxygen atoms in total. The van der Waals surface area contributed by atoms with Gasteiger partial charge in [0.15, 0.2) is 5.58 Å². The molecule has 5 heteroatoms. The van der Waals surface area contributed by atoms with Gasteiger partial charge in [-0.15, -0.1) is 6.42 Å². The standard InChI is InChI=1S/C21H24N2O3/c1-3-11-17(12-4-2)13-7-5-6-10-16-22-20(24)23-18-14-8-9-15-19(18)26-21(23)25/h1,4,8-9,11-12,14-15H,5-7,10,13,16H2,2H3,(H,22,24)/b12-4-,17-11+. The average Bonchev–Trinajstić information content (AvgIpc) is 2.96. The molecule has 1 aromatic heterocycles. The highest BCUT2D eigenvalue weighted by Crippen LogP contribution is 2.12. The summed E-state index contributed by atoms with van der Waals surface area (Å²) < 4.78 is 6.09. The number of para-hydroxylation sites is 2. The molecule has 26 heavy (non-hydrogen) atoms. The lowest BCUT2D eigenvalue weighted by Gasteiger charge is -2.05. The van der Waals surface area contributed by atoms with Crippen LogP contribution in [0.15, 0.2) is 57.3 Å². The molecule has 0 unspecified atom stereocenters. The molecule has 2 rings (SSSR count). The Morgan fingerprint density at radius 3 is 2.81 bits per heavy atom. The van der Waals surface area contributed by atoms with Gasteiger partial charge in [-0.05, 0) is 50.0 Å². The number of rotatable bonds is 8. The van der Waals surface area contributed by atoms with E-state index < -0.39 is 11.8 Å². The van der Waals surface area contributed by atoms with Gasteiger partial charge in [-0.25, -0.2) is 9.59 Å². The number of unbranched alkanes of at least 4 members (excludes halogenated alkanes) is 3. The molecular formula is C21H24N2O3. The highest BCUT2D eigenvalue weighted by molar-refractivity contribution is 5.87. The molecule has 1 N–H and O–H groups in total. The average molecular weight is 352 g/mol. The van der Waals surface area contributed by atoms with Crippen molar-refractivity contribution in [3.05, 3.63) is 58.6 Å². The summed E-state index contributed by atoms with van der Waals surface area (Å²) in [5, 5.41) is 2.77. The van der Waals surface area contributed by atoms with Gasteiger partial charge in [-0.2, -0.15) is 4.57 Å². The minimum Gasteiger partial charge on any atom is -0.407 e. The summed E-state index contributed by atoms with van der Waals surface area (Å²) >= 11 is 0. The van der Waals surface area contributed by atoms with E-state index in [1.54, 1.807) is 30.3 Å². The van der Waals surface area contributed by atoms with Gasteiger partial charge in [0.1, 0.15) is 0 Å². The molecule has 2 aromatic rings. The SMILES string of the molecule is C#C/C=C(\C=C/C)CCCCCCNC(=O)n1c(=O)oc2ccccc21. The lowest BCUT2D eigenvalue weighted by Crippen LogP contribution is -2.34. The van der Waals surface area contributed by atoms with Crippen LogP contribution in [0.4, 0.5) is 4.79 Å². The zero-order chi connectivity index (χ0) is 18.8. The van der Waals surface area contributed by atoms with E-state index in [1.807, 2.05) is 19.1 Å². The largest absolute Gasteiger partial charge is 0.428 e. The lowest BCUT2D eigenvalue weighted by atomic mass is 10.1. The summed E-state index contributed by atoms with van der Waals surface area (Å²) in [4.78, 5) is 24.1. The minimum atomic E-state index is -0.666. The van der Waals surface area contributed by atoms with Crippen LogP contribution >= 0.6 is 0 Å². The number of allylic oxidation sites excluding steroid dienone is 4. The minimum absolute atomic E-state index is 0.407. The maximum Gasteiger partial charge on any atom is 0.428 e. The molecule has 0 saturated carbocycles. The van der Waals surface area contributed by atoms with E-state index >= 15 is 0 Å². The van der Waals surface area contributed by atoms with Crippen molar-refractivity contribution < 1.29 is 9.21 Å². The summed E-state index contributed by atoms with van der Waals surface area (Å²) in [6, 6.07) is 6.42. The number of hydrogen-bond donors (Lipinski definition) is 1. The smallest absolute Gasteiger partial charge is 0.407 e. The Balaban J connectivity index is 1.72. The molecular weight excluding hydrogens is 328 g/mol. The fraction of sp³-hybridized carbons (Fsp3) is 0.333. The maximum absolute atomic E-state index is 12.2. The van der Waals surface area contributed by atoms with Crippen molar-refractivity contribution in [2.24, 2.45) is 0 Å².